The average Bonchev–Trinajstić information content (AvgIpc) is 2.18. The van der Waals surface area contributed by atoms with Gasteiger partial charge >= 0.3 is 0 Å². The Labute approximate surface area is 91.3 Å². The molecule has 0 N–H and O–H groups in total. The monoisotopic (exact) mass is 225 g/mol. The highest BCUT2D eigenvalue weighted by molar-refractivity contribution is 6.68. The molecule has 0 atom stereocenters. The Bertz CT molecular complexity index is 440. The molecule has 0 bridgehead atoms. The van der Waals surface area contributed by atoms with Crippen molar-refractivity contribution >= 4 is 28.6 Å². The molecule has 0 aliphatic heterocycles. The zero-order chi connectivity index (χ0) is 11.4. The van der Waals surface area contributed by atoms with Crippen molar-refractivity contribution in [3.8, 4) is 0 Å². The molecule has 0 unspecified atom stereocenters. The van der Waals surface area contributed by atoms with Crippen molar-refractivity contribution in [3.05, 3.63) is 45.5 Å². The molecule has 0 aliphatic carbocycles. The van der Waals surface area contributed by atoms with Crippen LogP contribution in [0.3, 0.4) is 0 Å². The normalized spacial score (nSPS) is 11.2. The Morgan fingerprint density at radius 3 is 2.73 bits per heavy atom. The molecule has 5 heteroatoms. The van der Waals surface area contributed by atoms with Crippen LogP contribution in [0.5, 0.6) is 0 Å². The molecule has 0 spiro atoms. The van der Waals surface area contributed by atoms with E-state index >= 15 is 0 Å². The van der Waals surface area contributed by atoms with E-state index in [9.17, 15) is 14.9 Å². The Morgan fingerprint density at radius 1 is 1.53 bits per heavy atom. The van der Waals surface area contributed by atoms with Crippen molar-refractivity contribution < 1.29 is 9.72 Å². The number of nitrogens with zero attached hydrogens (tertiary/aromatic N) is 1. The fourth-order valence-electron chi connectivity index (χ4n) is 1.03. The van der Waals surface area contributed by atoms with Gasteiger partial charge in [-0.2, -0.15) is 0 Å². The van der Waals surface area contributed by atoms with Crippen LogP contribution in [0.25, 0.3) is 6.08 Å². The van der Waals surface area contributed by atoms with E-state index in [0.717, 1.165) is 0 Å². The van der Waals surface area contributed by atoms with E-state index in [1.165, 1.54) is 18.2 Å². The van der Waals surface area contributed by atoms with E-state index in [-0.39, 0.29) is 5.69 Å². The van der Waals surface area contributed by atoms with E-state index in [2.05, 4.69) is 0 Å². The lowest BCUT2D eigenvalue weighted by molar-refractivity contribution is -0.384. The minimum Gasteiger partial charge on any atom is -0.276 e. The van der Waals surface area contributed by atoms with Gasteiger partial charge in [0, 0.05) is 17.7 Å². The van der Waals surface area contributed by atoms with Crippen LogP contribution in [-0.4, -0.2) is 10.2 Å². The molecule has 1 aromatic rings. The summed E-state index contributed by atoms with van der Waals surface area (Å²) in [4.78, 5) is 20.7. The summed E-state index contributed by atoms with van der Waals surface area (Å²) in [6, 6.07) is 5.98. The number of allylic oxidation sites excluding steroid dienone is 1. The Balaban J connectivity index is 3.06. The van der Waals surface area contributed by atoms with Gasteiger partial charge in [0.1, 0.15) is 0 Å². The first-order valence-corrected chi connectivity index (χ1v) is 4.51. The van der Waals surface area contributed by atoms with Crippen molar-refractivity contribution in [2.75, 3.05) is 0 Å². The number of rotatable bonds is 3. The second kappa shape index (κ2) is 4.70. The molecule has 0 heterocycles. The molecule has 1 aromatic carbocycles. The van der Waals surface area contributed by atoms with Crippen LogP contribution in [0.15, 0.2) is 29.8 Å². The fraction of sp³-hybridized carbons (Fsp3) is 0.100. The molecule has 0 saturated carbocycles. The lowest BCUT2D eigenvalue weighted by Crippen LogP contribution is -1.90. The lowest BCUT2D eigenvalue weighted by atomic mass is 10.1. The number of nitro groups is 1. The van der Waals surface area contributed by atoms with Gasteiger partial charge in [0.2, 0.25) is 5.24 Å². The van der Waals surface area contributed by atoms with Crippen LogP contribution in [-0.2, 0) is 4.79 Å². The highest BCUT2D eigenvalue weighted by Gasteiger charge is 2.05. The predicted molar refractivity (Wildman–Crippen MR) is 57.6 cm³/mol. The van der Waals surface area contributed by atoms with Crippen LogP contribution < -0.4 is 0 Å². The van der Waals surface area contributed by atoms with Crippen molar-refractivity contribution in [1.29, 1.82) is 0 Å². The largest absolute Gasteiger partial charge is 0.276 e. The predicted octanol–water partition coefficient (Wildman–Crippen LogP) is 2.76. The zero-order valence-electron chi connectivity index (χ0n) is 7.94. The summed E-state index contributed by atoms with van der Waals surface area (Å²) in [5.41, 5.74) is 0.909. The number of halogens is 1. The third kappa shape index (κ3) is 3.18. The second-order valence-electron chi connectivity index (χ2n) is 2.95. The van der Waals surface area contributed by atoms with Crippen molar-refractivity contribution in [3.63, 3.8) is 0 Å². The topological polar surface area (TPSA) is 60.2 Å². The SMILES string of the molecule is C/C(=C\c1cccc([N+](=O)[O-])c1)C(=O)Cl. The van der Waals surface area contributed by atoms with E-state index < -0.39 is 10.2 Å². The zero-order valence-corrected chi connectivity index (χ0v) is 8.69. The number of benzene rings is 1. The van der Waals surface area contributed by atoms with Gasteiger partial charge in [0.05, 0.1) is 4.92 Å². The first-order chi connectivity index (χ1) is 7.00. The number of carbonyl (C=O) groups is 1. The minimum absolute atomic E-state index is 0.0152. The molecule has 4 nitrogen and oxygen atoms in total. The highest BCUT2D eigenvalue weighted by atomic mass is 35.5. The molecule has 0 fully saturated rings. The third-order valence-electron chi connectivity index (χ3n) is 1.77. The molecule has 0 amide bonds. The number of non-ortho nitro benzene ring substituents is 1. The maximum Gasteiger partial charge on any atom is 0.270 e. The van der Waals surface area contributed by atoms with Crippen LogP contribution in [0.1, 0.15) is 12.5 Å². The summed E-state index contributed by atoms with van der Waals surface area (Å²) >= 11 is 5.24. The number of hydrogen-bond donors (Lipinski definition) is 0. The van der Waals surface area contributed by atoms with E-state index in [4.69, 9.17) is 11.6 Å². The van der Waals surface area contributed by atoms with Gasteiger partial charge in [0.25, 0.3) is 5.69 Å². The van der Waals surface area contributed by atoms with E-state index in [1.54, 1.807) is 19.1 Å². The summed E-state index contributed by atoms with van der Waals surface area (Å²) in [5, 5.41) is 9.90. The molecule has 78 valence electrons. The van der Waals surface area contributed by atoms with Crippen LogP contribution in [0.4, 0.5) is 5.69 Å². The van der Waals surface area contributed by atoms with E-state index in [0.29, 0.717) is 11.1 Å². The van der Waals surface area contributed by atoms with Gasteiger partial charge < -0.3 is 0 Å². The number of hydrogen-bond acceptors (Lipinski definition) is 3. The Hall–Kier alpha value is -1.68. The van der Waals surface area contributed by atoms with Crippen LogP contribution in [0.2, 0.25) is 0 Å². The quantitative estimate of drug-likeness (QED) is 0.344. The van der Waals surface area contributed by atoms with E-state index in [1.807, 2.05) is 0 Å². The van der Waals surface area contributed by atoms with Gasteiger partial charge in [-0.05, 0) is 30.2 Å². The maximum absolute atomic E-state index is 10.7. The molecule has 1 rings (SSSR count). The van der Waals surface area contributed by atoms with Gasteiger partial charge in [-0.25, -0.2) is 0 Å². The van der Waals surface area contributed by atoms with Gasteiger partial charge in [-0.3, -0.25) is 14.9 Å². The minimum atomic E-state index is -0.568. The third-order valence-corrected chi connectivity index (χ3v) is 2.07. The van der Waals surface area contributed by atoms with Gasteiger partial charge in [-0.1, -0.05) is 12.1 Å². The van der Waals surface area contributed by atoms with Crippen molar-refractivity contribution in [1.82, 2.24) is 0 Å². The summed E-state index contributed by atoms with van der Waals surface area (Å²) < 4.78 is 0. The van der Waals surface area contributed by atoms with Gasteiger partial charge in [0.15, 0.2) is 0 Å². The maximum atomic E-state index is 10.7. The fourth-order valence-corrected chi connectivity index (χ4v) is 1.09. The average molecular weight is 226 g/mol. The summed E-state index contributed by atoms with van der Waals surface area (Å²) in [7, 11) is 0. The van der Waals surface area contributed by atoms with Crippen LogP contribution >= 0.6 is 11.6 Å². The second-order valence-corrected chi connectivity index (χ2v) is 3.30. The molecule has 0 aromatic heterocycles. The van der Waals surface area contributed by atoms with Crippen molar-refractivity contribution in [2.24, 2.45) is 0 Å². The molecular weight excluding hydrogens is 218 g/mol. The highest BCUT2D eigenvalue weighted by Crippen LogP contribution is 2.16. The smallest absolute Gasteiger partial charge is 0.270 e. The Kier molecular flexibility index (Phi) is 3.57. The molecular formula is C10H8ClNO3. The van der Waals surface area contributed by atoms with Gasteiger partial charge in [-0.15, -0.1) is 0 Å². The summed E-state index contributed by atoms with van der Waals surface area (Å²) in [5.74, 6) is 0. The summed E-state index contributed by atoms with van der Waals surface area (Å²) in [6.07, 6.45) is 1.50. The summed E-state index contributed by atoms with van der Waals surface area (Å²) in [6.45, 7) is 1.55. The number of carbonyl (C=O) groups excluding carboxylic acids is 1. The van der Waals surface area contributed by atoms with Crippen molar-refractivity contribution in [2.45, 2.75) is 6.92 Å². The number of nitro benzene ring substituents is 1. The Morgan fingerprint density at radius 2 is 2.20 bits per heavy atom. The molecule has 15 heavy (non-hydrogen) atoms. The first-order valence-electron chi connectivity index (χ1n) is 4.13. The van der Waals surface area contributed by atoms with Crippen LogP contribution in [0, 0.1) is 10.1 Å². The lowest BCUT2D eigenvalue weighted by Gasteiger charge is -1.96. The first kappa shape index (κ1) is 11.4. The molecule has 0 radical (unpaired) electrons. The molecule has 0 aliphatic rings. The molecule has 0 saturated heterocycles. The standard InChI is InChI=1S/C10H8ClNO3/c1-7(10(11)13)5-8-3-2-4-9(6-8)12(14)15/h2-6H,1H3/b7-5+.